The van der Waals surface area contributed by atoms with Gasteiger partial charge in [-0.15, -0.1) is 0 Å². The summed E-state index contributed by atoms with van der Waals surface area (Å²) in [6, 6.07) is 21.5. The van der Waals surface area contributed by atoms with E-state index in [0.29, 0.717) is 31.7 Å². The number of aromatic amines is 1. The van der Waals surface area contributed by atoms with E-state index >= 15 is 0 Å². The van der Waals surface area contributed by atoms with E-state index in [1.807, 2.05) is 59.6 Å². The van der Waals surface area contributed by atoms with Crippen molar-refractivity contribution in [3.8, 4) is 0 Å². The van der Waals surface area contributed by atoms with Crippen molar-refractivity contribution in [2.75, 3.05) is 38.1 Å². The van der Waals surface area contributed by atoms with E-state index in [0.717, 1.165) is 27.7 Å². The Morgan fingerprint density at radius 2 is 1.58 bits per heavy atom. The van der Waals surface area contributed by atoms with Crippen LogP contribution in [0.5, 0.6) is 0 Å². The smallest absolute Gasteiger partial charge is 0.254 e. The Morgan fingerprint density at radius 3 is 2.36 bits per heavy atom. The molecule has 2 unspecified atom stereocenters. The second kappa shape index (κ2) is 8.82. The predicted molar refractivity (Wildman–Crippen MR) is 138 cm³/mol. The molecule has 6 rings (SSSR count). The van der Waals surface area contributed by atoms with Gasteiger partial charge in [0.25, 0.3) is 5.91 Å². The Bertz CT molecular complexity index is 1440. The maximum absolute atomic E-state index is 14.2. The lowest BCUT2D eigenvalue weighted by molar-refractivity contribution is -0.134. The molecule has 0 bridgehead atoms. The molecule has 0 spiro atoms. The van der Waals surface area contributed by atoms with E-state index in [9.17, 15) is 14.0 Å². The second-order valence-electron chi connectivity index (χ2n) is 9.50. The molecule has 1 saturated heterocycles. The third-order valence-electron chi connectivity index (χ3n) is 7.57. The maximum Gasteiger partial charge on any atom is 0.254 e. The number of hydrogen-bond donors (Lipinski definition) is 1. The molecule has 36 heavy (non-hydrogen) atoms. The highest BCUT2D eigenvalue weighted by Gasteiger charge is 2.45. The highest BCUT2D eigenvalue weighted by atomic mass is 19.1. The van der Waals surface area contributed by atoms with Crippen LogP contribution < -0.4 is 4.90 Å². The molecule has 4 aromatic rings. The van der Waals surface area contributed by atoms with Crippen LogP contribution in [0.25, 0.3) is 10.9 Å². The lowest BCUT2D eigenvalue weighted by atomic mass is 9.79. The fraction of sp³-hybridized carbons (Fsp3) is 0.241. The van der Waals surface area contributed by atoms with E-state index in [-0.39, 0.29) is 17.6 Å². The first-order valence-corrected chi connectivity index (χ1v) is 12.2. The Labute approximate surface area is 208 Å². The van der Waals surface area contributed by atoms with Crippen molar-refractivity contribution in [1.82, 2.24) is 14.8 Å². The molecule has 7 heteroatoms. The minimum atomic E-state index is -0.513. The molecular weight excluding hydrogens is 455 g/mol. The largest absolute Gasteiger partial charge is 0.368 e. The van der Waals surface area contributed by atoms with Crippen LogP contribution in [-0.4, -0.2) is 59.8 Å². The quantitative estimate of drug-likeness (QED) is 0.466. The third kappa shape index (κ3) is 3.63. The van der Waals surface area contributed by atoms with E-state index in [1.54, 1.807) is 24.1 Å². The van der Waals surface area contributed by atoms with Crippen LogP contribution in [0, 0.1) is 5.82 Å². The molecule has 2 aliphatic heterocycles. The van der Waals surface area contributed by atoms with Gasteiger partial charge in [-0.2, -0.15) is 0 Å². The summed E-state index contributed by atoms with van der Waals surface area (Å²) in [5, 5.41) is 1.01. The zero-order chi connectivity index (χ0) is 24.8. The number of nitrogens with one attached hydrogen (secondary N) is 1. The number of para-hydroxylation sites is 1. The van der Waals surface area contributed by atoms with Gasteiger partial charge in [-0.1, -0.05) is 36.4 Å². The molecule has 1 fully saturated rings. The van der Waals surface area contributed by atoms with Gasteiger partial charge < -0.3 is 19.7 Å². The van der Waals surface area contributed by atoms with Crippen molar-refractivity contribution in [2.24, 2.45) is 0 Å². The molecule has 2 aliphatic rings. The summed E-state index contributed by atoms with van der Waals surface area (Å²) in [4.78, 5) is 36.7. The average molecular weight is 483 g/mol. The summed E-state index contributed by atoms with van der Waals surface area (Å²) in [6.07, 6.45) is 1.93. The molecular formula is C29H27FN4O2. The molecule has 2 atom stereocenters. The molecule has 3 heterocycles. The highest BCUT2D eigenvalue weighted by Crippen LogP contribution is 2.45. The minimum absolute atomic E-state index is 0.0239. The third-order valence-corrected chi connectivity index (χ3v) is 7.57. The normalized spacial score (nSPS) is 20.1. The monoisotopic (exact) mass is 482 g/mol. The number of nitrogens with zero attached hydrogens (tertiary/aromatic N) is 3. The van der Waals surface area contributed by atoms with Crippen LogP contribution in [0.3, 0.4) is 0 Å². The standard InChI is InChI=1S/C29H27FN4O2/c1-32-27(24-18-31-25-9-5-4-6-21(24)25)26(22-7-2-3-8-23(22)28(32)35)29(36)34-16-14-33(15-17-34)20-12-10-19(30)11-13-20/h2-13,18,26-27,31H,14-17H2,1H3. The van der Waals surface area contributed by atoms with Crippen LogP contribution in [0.1, 0.15) is 33.4 Å². The first-order valence-electron chi connectivity index (χ1n) is 12.2. The molecule has 3 aromatic carbocycles. The minimum Gasteiger partial charge on any atom is -0.368 e. The number of rotatable bonds is 3. The van der Waals surface area contributed by atoms with Gasteiger partial charge in [-0.3, -0.25) is 9.59 Å². The van der Waals surface area contributed by atoms with Gasteiger partial charge >= 0.3 is 0 Å². The van der Waals surface area contributed by atoms with Gasteiger partial charge in [-0.25, -0.2) is 4.39 Å². The van der Waals surface area contributed by atoms with Crippen LogP contribution in [0.4, 0.5) is 10.1 Å². The number of fused-ring (bicyclic) bond motifs is 2. The number of benzene rings is 3. The number of piperazine rings is 1. The molecule has 0 saturated carbocycles. The van der Waals surface area contributed by atoms with Crippen LogP contribution in [0.15, 0.2) is 79.0 Å². The number of amides is 2. The average Bonchev–Trinajstić information content (AvgIpc) is 3.34. The SMILES string of the molecule is CN1C(=O)c2ccccc2C(C(=O)N2CCN(c3ccc(F)cc3)CC2)C1c1c[nH]c2ccccc12. The highest BCUT2D eigenvalue weighted by molar-refractivity contribution is 6.02. The lowest BCUT2D eigenvalue weighted by Crippen LogP contribution is -2.53. The number of carbonyl (C=O) groups excluding carboxylic acids is 2. The molecule has 1 aromatic heterocycles. The number of likely N-dealkylation sites (N-methyl/N-ethyl adjacent to an activating group) is 1. The molecule has 182 valence electrons. The summed E-state index contributed by atoms with van der Waals surface area (Å²) in [6.45, 7) is 2.46. The number of H-pyrrole nitrogens is 1. The van der Waals surface area contributed by atoms with Crippen molar-refractivity contribution >= 4 is 28.4 Å². The van der Waals surface area contributed by atoms with Crippen LogP contribution in [-0.2, 0) is 4.79 Å². The van der Waals surface area contributed by atoms with Crippen LogP contribution >= 0.6 is 0 Å². The number of anilines is 1. The summed E-state index contributed by atoms with van der Waals surface area (Å²) in [5.74, 6) is -0.826. The molecule has 1 N–H and O–H groups in total. The van der Waals surface area contributed by atoms with Crippen LogP contribution in [0.2, 0.25) is 0 Å². The summed E-state index contributed by atoms with van der Waals surface area (Å²) >= 11 is 0. The Morgan fingerprint density at radius 1 is 0.889 bits per heavy atom. The van der Waals surface area contributed by atoms with Gasteiger partial charge in [0.15, 0.2) is 0 Å². The van der Waals surface area contributed by atoms with E-state index in [4.69, 9.17) is 0 Å². The van der Waals surface area contributed by atoms with Gasteiger partial charge in [-0.05, 0) is 42.0 Å². The first kappa shape index (κ1) is 22.3. The van der Waals surface area contributed by atoms with E-state index in [1.165, 1.54) is 12.1 Å². The Kier molecular flexibility index (Phi) is 5.48. The first-order chi connectivity index (χ1) is 17.5. The Hall–Kier alpha value is -4.13. The zero-order valence-electron chi connectivity index (χ0n) is 20.0. The topological polar surface area (TPSA) is 59.7 Å². The van der Waals surface area contributed by atoms with Crippen molar-refractivity contribution in [3.63, 3.8) is 0 Å². The molecule has 6 nitrogen and oxygen atoms in total. The Balaban J connectivity index is 1.35. The molecule has 0 radical (unpaired) electrons. The van der Waals surface area contributed by atoms with Crippen molar-refractivity contribution in [1.29, 1.82) is 0 Å². The van der Waals surface area contributed by atoms with Gasteiger partial charge in [0, 0.05) is 67.1 Å². The molecule has 2 amide bonds. The molecule has 0 aliphatic carbocycles. The van der Waals surface area contributed by atoms with Gasteiger partial charge in [0.2, 0.25) is 5.91 Å². The van der Waals surface area contributed by atoms with Crippen molar-refractivity contribution in [2.45, 2.75) is 12.0 Å². The fourth-order valence-electron chi connectivity index (χ4n) is 5.70. The number of halogens is 1. The lowest BCUT2D eigenvalue weighted by Gasteiger charge is -2.43. The summed E-state index contributed by atoms with van der Waals surface area (Å²) in [5.41, 5.74) is 4.24. The summed E-state index contributed by atoms with van der Waals surface area (Å²) in [7, 11) is 1.79. The number of aromatic nitrogens is 1. The van der Waals surface area contributed by atoms with Crippen molar-refractivity contribution in [3.05, 3.63) is 102 Å². The van der Waals surface area contributed by atoms with E-state index < -0.39 is 12.0 Å². The predicted octanol–water partition coefficient (Wildman–Crippen LogP) is 4.57. The summed E-state index contributed by atoms with van der Waals surface area (Å²) < 4.78 is 13.4. The maximum atomic E-state index is 14.2. The second-order valence-corrected chi connectivity index (χ2v) is 9.50. The zero-order valence-corrected chi connectivity index (χ0v) is 20.0. The van der Waals surface area contributed by atoms with Crippen molar-refractivity contribution < 1.29 is 14.0 Å². The number of hydrogen-bond acceptors (Lipinski definition) is 3. The van der Waals surface area contributed by atoms with E-state index in [2.05, 4.69) is 9.88 Å². The number of carbonyl (C=O) groups is 2. The fourth-order valence-corrected chi connectivity index (χ4v) is 5.70. The van der Waals surface area contributed by atoms with Gasteiger partial charge in [0.1, 0.15) is 5.82 Å². The van der Waals surface area contributed by atoms with Gasteiger partial charge in [0.05, 0.1) is 12.0 Å².